The van der Waals surface area contributed by atoms with E-state index in [0.29, 0.717) is 35.5 Å². The predicted octanol–water partition coefficient (Wildman–Crippen LogP) is 5.07. The number of rotatable bonds is 4. The number of hydrogen-bond donors (Lipinski definition) is 0. The molecular weight excluding hydrogens is 436 g/mol. The Bertz CT molecular complexity index is 1190. The van der Waals surface area contributed by atoms with E-state index in [0.717, 1.165) is 36.0 Å². The van der Waals surface area contributed by atoms with Crippen molar-refractivity contribution in [2.45, 2.75) is 52.1 Å². The summed E-state index contributed by atoms with van der Waals surface area (Å²) in [7, 11) is 0. The molecule has 1 aromatic carbocycles. The second-order valence-electron chi connectivity index (χ2n) is 9.46. The number of aromatic nitrogens is 4. The summed E-state index contributed by atoms with van der Waals surface area (Å²) in [6, 6.07) is 9.94. The molecule has 0 radical (unpaired) electrons. The van der Waals surface area contributed by atoms with Crippen LogP contribution in [0.3, 0.4) is 0 Å². The highest BCUT2D eigenvalue weighted by atomic mass is 35.5. The number of nitrogens with zero attached hydrogens (tertiary/aromatic N) is 6. The lowest BCUT2D eigenvalue weighted by Crippen LogP contribution is -2.45. The summed E-state index contributed by atoms with van der Waals surface area (Å²) in [6.45, 7) is 7.49. The number of benzene rings is 1. The summed E-state index contributed by atoms with van der Waals surface area (Å²) in [4.78, 5) is 16.4. The van der Waals surface area contributed by atoms with E-state index >= 15 is 0 Å². The molecule has 3 aromatic rings. The maximum absolute atomic E-state index is 9.61. The van der Waals surface area contributed by atoms with Crippen LogP contribution in [0.15, 0.2) is 24.3 Å². The van der Waals surface area contributed by atoms with Crippen molar-refractivity contribution >= 4 is 28.7 Å². The van der Waals surface area contributed by atoms with Crippen LogP contribution < -0.4 is 4.90 Å². The van der Waals surface area contributed by atoms with Gasteiger partial charge in [0.1, 0.15) is 17.3 Å². The number of hydrogen-bond acceptors (Lipinski definition) is 6. The van der Waals surface area contributed by atoms with Gasteiger partial charge in [-0.2, -0.15) is 15.2 Å². The molecule has 1 aliphatic heterocycles. The van der Waals surface area contributed by atoms with Crippen molar-refractivity contribution in [3.63, 3.8) is 0 Å². The second kappa shape index (κ2) is 9.28. The van der Waals surface area contributed by atoms with Gasteiger partial charge in [0.05, 0.1) is 19.3 Å². The molecule has 1 saturated heterocycles. The molecule has 7 nitrogen and oxygen atoms in total. The van der Waals surface area contributed by atoms with Gasteiger partial charge in [-0.15, -0.1) is 0 Å². The Labute approximate surface area is 199 Å². The van der Waals surface area contributed by atoms with Crippen molar-refractivity contribution in [2.24, 2.45) is 11.8 Å². The minimum absolute atomic E-state index is 0.121. The van der Waals surface area contributed by atoms with Crippen LogP contribution >= 0.6 is 11.6 Å². The van der Waals surface area contributed by atoms with Crippen molar-refractivity contribution in [3.8, 4) is 17.3 Å². The number of ether oxygens (including phenoxy) is 1. The Kier molecular flexibility index (Phi) is 6.22. The van der Waals surface area contributed by atoms with Crippen LogP contribution in [0.2, 0.25) is 5.02 Å². The normalized spacial score (nSPS) is 23.6. The van der Waals surface area contributed by atoms with Crippen LogP contribution in [0, 0.1) is 23.2 Å². The largest absolute Gasteiger partial charge is 0.377 e. The van der Waals surface area contributed by atoms with Crippen LogP contribution in [0.1, 0.15) is 45.4 Å². The van der Waals surface area contributed by atoms with Crippen LogP contribution in [0.4, 0.5) is 5.95 Å². The summed E-state index contributed by atoms with van der Waals surface area (Å²) in [5, 5.41) is 10.2. The molecule has 2 aliphatic rings. The van der Waals surface area contributed by atoms with Crippen LogP contribution in [-0.2, 0) is 11.3 Å². The Balaban J connectivity index is 1.70. The molecule has 1 aliphatic carbocycles. The predicted molar refractivity (Wildman–Crippen MR) is 129 cm³/mol. The molecule has 1 saturated carbocycles. The Morgan fingerprint density at radius 1 is 1.15 bits per heavy atom. The van der Waals surface area contributed by atoms with Crippen molar-refractivity contribution in [1.82, 2.24) is 19.5 Å². The van der Waals surface area contributed by atoms with Gasteiger partial charge in [-0.25, -0.2) is 4.98 Å². The molecule has 5 rings (SSSR count). The minimum atomic E-state index is 0.121. The molecule has 0 N–H and O–H groups in total. The Morgan fingerprint density at radius 2 is 1.97 bits per heavy atom. The summed E-state index contributed by atoms with van der Waals surface area (Å²) >= 11 is 6.32. The number of nitriles is 1. The van der Waals surface area contributed by atoms with E-state index in [1.54, 1.807) is 0 Å². The van der Waals surface area contributed by atoms with Crippen molar-refractivity contribution in [3.05, 3.63) is 35.1 Å². The molecule has 33 heavy (non-hydrogen) atoms. The quantitative estimate of drug-likeness (QED) is 0.536. The highest BCUT2D eigenvalue weighted by Crippen LogP contribution is 2.36. The summed E-state index contributed by atoms with van der Waals surface area (Å²) in [5.74, 6) is 2.39. The van der Waals surface area contributed by atoms with Gasteiger partial charge in [0, 0.05) is 23.7 Å². The second-order valence-corrected chi connectivity index (χ2v) is 9.89. The highest BCUT2D eigenvalue weighted by Gasteiger charge is 2.29. The fraction of sp³-hybridized carbons (Fsp3) is 0.520. The van der Waals surface area contributed by atoms with E-state index in [9.17, 15) is 5.26 Å². The van der Waals surface area contributed by atoms with Gasteiger partial charge in [0.15, 0.2) is 5.65 Å². The smallest absolute Gasteiger partial charge is 0.234 e. The first kappa shape index (κ1) is 22.1. The van der Waals surface area contributed by atoms with Gasteiger partial charge in [-0.1, -0.05) is 43.5 Å². The molecule has 2 aromatic heterocycles. The maximum Gasteiger partial charge on any atom is 0.234 e. The molecular formula is C25H29ClN6O. The van der Waals surface area contributed by atoms with Crippen LogP contribution in [0.5, 0.6) is 0 Å². The molecule has 3 heterocycles. The first-order valence-electron chi connectivity index (χ1n) is 11.8. The average molecular weight is 465 g/mol. The molecule has 1 atom stereocenters. The lowest BCUT2D eigenvalue weighted by atomic mass is 9.83. The first-order valence-corrected chi connectivity index (χ1v) is 12.2. The monoisotopic (exact) mass is 464 g/mol. The van der Waals surface area contributed by atoms with E-state index in [2.05, 4.69) is 39.4 Å². The minimum Gasteiger partial charge on any atom is -0.377 e. The Hall–Kier alpha value is -2.69. The summed E-state index contributed by atoms with van der Waals surface area (Å²) < 4.78 is 7.99. The van der Waals surface area contributed by atoms with Crippen LogP contribution in [0.25, 0.3) is 22.4 Å². The van der Waals surface area contributed by atoms with Gasteiger partial charge >= 0.3 is 0 Å². The molecule has 0 unspecified atom stereocenters. The van der Waals surface area contributed by atoms with Crippen molar-refractivity contribution < 1.29 is 4.74 Å². The average Bonchev–Trinajstić information content (AvgIpc) is 3.18. The summed E-state index contributed by atoms with van der Waals surface area (Å²) in [5.41, 5.74) is 3.02. The molecule has 172 valence electrons. The molecule has 2 fully saturated rings. The fourth-order valence-electron chi connectivity index (χ4n) is 5.10. The zero-order valence-corrected chi connectivity index (χ0v) is 19.9. The van der Waals surface area contributed by atoms with Crippen molar-refractivity contribution in [2.75, 3.05) is 24.7 Å². The highest BCUT2D eigenvalue weighted by molar-refractivity contribution is 6.30. The number of anilines is 1. The van der Waals surface area contributed by atoms with E-state index < -0.39 is 0 Å². The SMILES string of the molecule is CC1CCC(Cn2c(N3CCOC[C@H]3C)nc3nc(C#N)nc(-c4cccc(Cl)c4)c32)CC1. The number of imidazole rings is 1. The standard InChI is InChI=1S/C25H29ClN6O/c1-16-6-8-18(9-7-16)14-32-23-22(19-4-3-5-20(26)12-19)28-21(13-27)29-24(23)30-25(32)31-10-11-33-15-17(31)2/h3-5,12,16-18H,6-11,14-15H2,1-2H3/t16?,17-,18?/m1/s1. The van der Waals surface area contributed by atoms with Gasteiger partial charge in [0.25, 0.3) is 0 Å². The third kappa shape index (κ3) is 4.42. The van der Waals surface area contributed by atoms with Crippen molar-refractivity contribution in [1.29, 1.82) is 5.26 Å². The maximum atomic E-state index is 9.61. The van der Waals surface area contributed by atoms with E-state index in [-0.39, 0.29) is 11.9 Å². The van der Waals surface area contributed by atoms with Gasteiger partial charge < -0.3 is 14.2 Å². The lowest BCUT2D eigenvalue weighted by Gasteiger charge is -2.35. The third-order valence-electron chi connectivity index (χ3n) is 6.98. The number of fused-ring (bicyclic) bond motifs is 1. The lowest BCUT2D eigenvalue weighted by molar-refractivity contribution is 0.0976. The van der Waals surface area contributed by atoms with Gasteiger partial charge in [-0.05, 0) is 43.7 Å². The third-order valence-corrected chi connectivity index (χ3v) is 7.22. The van der Waals surface area contributed by atoms with E-state index in [1.807, 2.05) is 24.3 Å². The molecule has 0 spiro atoms. The van der Waals surface area contributed by atoms with Crippen LogP contribution in [-0.4, -0.2) is 45.3 Å². The molecule has 0 bridgehead atoms. The van der Waals surface area contributed by atoms with E-state index in [1.165, 1.54) is 25.7 Å². The van der Waals surface area contributed by atoms with Gasteiger partial charge in [0.2, 0.25) is 11.8 Å². The number of halogens is 1. The zero-order valence-electron chi connectivity index (χ0n) is 19.2. The first-order chi connectivity index (χ1) is 16.0. The van der Waals surface area contributed by atoms with Gasteiger partial charge in [-0.3, -0.25) is 0 Å². The summed E-state index contributed by atoms with van der Waals surface area (Å²) in [6.07, 6.45) is 4.94. The number of morpholine rings is 1. The van der Waals surface area contributed by atoms with E-state index in [4.69, 9.17) is 21.3 Å². The molecule has 0 amide bonds. The fourth-order valence-corrected chi connectivity index (χ4v) is 5.29. The molecule has 8 heteroatoms. The topological polar surface area (TPSA) is 79.9 Å². The zero-order chi connectivity index (χ0) is 22.9. The Morgan fingerprint density at radius 3 is 2.70 bits per heavy atom.